The molecule has 1 aromatic heterocycles. The molecule has 0 unspecified atom stereocenters. The third-order valence-corrected chi connectivity index (χ3v) is 3.33. The molecule has 0 fully saturated rings. The van der Waals surface area contributed by atoms with E-state index in [1.807, 2.05) is 31.2 Å². The Balaban J connectivity index is 2.33. The van der Waals surface area contributed by atoms with E-state index in [1.165, 1.54) is 6.33 Å². The molecule has 0 spiro atoms. The number of hydrogen-bond donors (Lipinski definition) is 0. The zero-order chi connectivity index (χ0) is 10.7. The lowest BCUT2D eigenvalue weighted by atomic mass is 10.2. The van der Waals surface area contributed by atoms with Gasteiger partial charge in [0.25, 0.3) is 0 Å². The minimum Gasteiger partial charge on any atom is -0.249 e. The Morgan fingerprint density at radius 2 is 1.60 bits per heavy atom. The van der Waals surface area contributed by atoms with E-state index in [1.54, 1.807) is 12.4 Å². The highest BCUT2D eigenvalue weighted by atomic mass is 32.2. The van der Waals surface area contributed by atoms with E-state index in [4.69, 9.17) is 0 Å². The SMILES string of the molecule is Cc1ccc([S@](=O)c2cncnc2)cc1. The van der Waals surface area contributed by atoms with Gasteiger partial charge in [0, 0.05) is 17.3 Å². The first-order valence-corrected chi connectivity index (χ1v) is 5.66. The summed E-state index contributed by atoms with van der Waals surface area (Å²) in [6.07, 6.45) is 4.57. The van der Waals surface area contributed by atoms with Crippen LogP contribution < -0.4 is 0 Å². The maximum Gasteiger partial charge on any atom is 0.115 e. The van der Waals surface area contributed by atoms with Crippen molar-refractivity contribution in [2.45, 2.75) is 16.7 Å². The van der Waals surface area contributed by atoms with E-state index in [9.17, 15) is 4.21 Å². The van der Waals surface area contributed by atoms with Crippen molar-refractivity contribution < 1.29 is 4.21 Å². The Bertz CT molecular complexity index is 468. The van der Waals surface area contributed by atoms with Crippen LogP contribution in [0.3, 0.4) is 0 Å². The van der Waals surface area contributed by atoms with Gasteiger partial charge >= 0.3 is 0 Å². The van der Waals surface area contributed by atoms with Crippen molar-refractivity contribution in [3.63, 3.8) is 0 Å². The van der Waals surface area contributed by atoms with Crippen molar-refractivity contribution >= 4 is 10.8 Å². The number of aryl methyl sites for hydroxylation is 1. The predicted octanol–water partition coefficient (Wildman–Crippen LogP) is 1.95. The highest BCUT2D eigenvalue weighted by Crippen LogP contribution is 2.14. The molecule has 2 rings (SSSR count). The third kappa shape index (κ3) is 2.27. The average Bonchev–Trinajstić information content (AvgIpc) is 2.30. The molecule has 0 aliphatic rings. The van der Waals surface area contributed by atoms with Crippen molar-refractivity contribution in [2.75, 3.05) is 0 Å². The first-order valence-electron chi connectivity index (χ1n) is 4.51. The van der Waals surface area contributed by atoms with Gasteiger partial charge in [-0.05, 0) is 19.1 Å². The average molecular weight is 218 g/mol. The molecule has 0 N–H and O–H groups in total. The van der Waals surface area contributed by atoms with E-state index in [0.29, 0.717) is 4.90 Å². The van der Waals surface area contributed by atoms with Gasteiger partial charge in [-0.2, -0.15) is 0 Å². The number of rotatable bonds is 2. The fraction of sp³-hybridized carbons (Fsp3) is 0.0909. The smallest absolute Gasteiger partial charge is 0.115 e. The van der Waals surface area contributed by atoms with Crippen molar-refractivity contribution in [2.24, 2.45) is 0 Å². The van der Waals surface area contributed by atoms with Crippen LogP contribution in [-0.2, 0) is 10.8 Å². The van der Waals surface area contributed by atoms with Gasteiger partial charge in [-0.25, -0.2) is 14.2 Å². The Hall–Kier alpha value is -1.55. The molecule has 15 heavy (non-hydrogen) atoms. The fourth-order valence-electron chi connectivity index (χ4n) is 1.18. The Morgan fingerprint density at radius 1 is 1.00 bits per heavy atom. The van der Waals surface area contributed by atoms with Crippen LogP contribution in [0.25, 0.3) is 0 Å². The molecule has 0 bridgehead atoms. The number of aromatic nitrogens is 2. The van der Waals surface area contributed by atoms with Gasteiger partial charge in [0.1, 0.15) is 6.33 Å². The maximum absolute atomic E-state index is 12.0. The molecular weight excluding hydrogens is 208 g/mol. The van der Waals surface area contributed by atoms with Gasteiger partial charge in [-0.3, -0.25) is 0 Å². The Morgan fingerprint density at radius 3 is 2.20 bits per heavy atom. The monoisotopic (exact) mass is 218 g/mol. The lowest BCUT2D eigenvalue weighted by molar-refractivity contribution is 0.682. The van der Waals surface area contributed by atoms with Crippen LogP contribution in [0.5, 0.6) is 0 Å². The molecule has 2 aromatic rings. The van der Waals surface area contributed by atoms with Gasteiger partial charge < -0.3 is 0 Å². The first kappa shape index (κ1) is 9.98. The van der Waals surface area contributed by atoms with Crippen molar-refractivity contribution in [1.82, 2.24) is 9.97 Å². The molecule has 0 amide bonds. The fourth-order valence-corrected chi connectivity index (χ4v) is 2.15. The van der Waals surface area contributed by atoms with Crippen LogP contribution in [0.15, 0.2) is 52.8 Å². The molecule has 1 heterocycles. The molecule has 76 valence electrons. The molecule has 1 atom stereocenters. The molecule has 0 saturated carbocycles. The van der Waals surface area contributed by atoms with E-state index in [0.717, 1.165) is 10.5 Å². The van der Waals surface area contributed by atoms with E-state index < -0.39 is 10.8 Å². The largest absolute Gasteiger partial charge is 0.249 e. The Labute approximate surface area is 90.7 Å². The molecule has 3 nitrogen and oxygen atoms in total. The van der Waals surface area contributed by atoms with Crippen LogP contribution in [0.2, 0.25) is 0 Å². The van der Waals surface area contributed by atoms with Gasteiger partial charge in [0.15, 0.2) is 0 Å². The van der Waals surface area contributed by atoms with Crippen LogP contribution in [0, 0.1) is 6.92 Å². The summed E-state index contributed by atoms with van der Waals surface area (Å²) in [5, 5.41) is 0. The first-order chi connectivity index (χ1) is 7.27. The van der Waals surface area contributed by atoms with Crippen molar-refractivity contribution in [1.29, 1.82) is 0 Å². The normalized spacial score (nSPS) is 12.3. The maximum atomic E-state index is 12.0. The second kappa shape index (κ2) is 4.31. The molecule has 0 aliphatic carbocycles. The van der Waals surface area contributed by atoms with Gasteiger partial charge in [0.05, 0.1) is 15.7 Å². The topological polar surface area (TPSA) is 42.9 Å². The minimum absolute atomic E-state index is 0.626. The summed E-state index contributed by atoms with van der Waals surface area (Å²) in [4.78, 5) is 9.09. The van der Waals surface area contributed by atoms with Gasteiger partial charge in [-0.15, -0.1) is 0 Å². The lowest BCUT2D eigenvalue weighted by Gasteiger charge is -2.01. The summed E-state index contributed by atoms with van der Waals surface area (Å²) in [5.41, 5.74) is 1.15. The quantitative estimate of drug-likeness (QED) is 0.773. The summed E-state index contributed by atoms with van der Waals surface area (Å²) in [6, 6.07) is 7.60. The summed E-state index contributed by atoms with van der Waals surface area (Å²) >= 11 is 0. The summed E-state index contributed by atoms with van der Waals surface area (Å²) in [5.74, 6) is 0. The zero-order valence-electron chi connectivity index (χ0n) is 8.25. The molecule has 1 aromatic carbocycles. The molecule has 4 heteroatoms. The molecule has 0 aliphatic heterocycles. The van der Waals surface area contributed by atoms with Crippen LogP contribution >= 0.6 is 0 Å². The standard InChI is InChI=1S/C11H10N2OS/c1-9-2-4-10(5-3-9)15(14)11-6-12-8-13-7-11/h2-8H,1H3/t15-/m0/s1. The third-order valence-electron chi connectivity index (χ3n) is 1.99. The van der Waals surface area contributed by atoms with Crippen LogP contribution in [0.1, 0.15) is 5.56 Å². The van der Waals surface area contributed by atoms with Crippen molar-refractivity contribution in [3.8, 4) is 0 Å². The highest BCUT2D eigenvalue weighted by molar-refractivity contribution is 7.85. The van der Waals surface area contributed by atoms with Crippen LogP contribution in [-0.4, -0.2) is 14.2 Å². The number of hydrogen-bond acceptors (Lipinski definition) is 3. The predicted molar refractivity (Wildman–Crippen MR) is 57.9 cm³/mol. The van der Waals surface area contributed by atoms with Crippen molar-refractivity contribution in [3.05, 3.63) is 48.5 Å². The van der Waals surface area contributed by atoms with Gasteiger partial charge in [-0.1, -0.05) is 17.7 Å². The lowest BCUT2D eigenvalue weighted by Crippen LogP contribution is -1.94. The van der Waals surface area contributed by atoms with E-state index >= 15 is 0 Å². The second-order valence-corrected chi connectivity index (χ2v) is 4.64. The minimum atomic E-state index is -1.18. The zero-order valence-corrected chi connectivity index (χ0v) is 9.07. The number of benzene rings is 1. The van der Waals surface area contributed by atoms with E-state index in [2.05, 4.69) is 9.97 Å². The number of nitrogens with zero attached hydrogens (tertiary/aromatic N) is 2. The summed E-state index contributed by atoms with van der Waals surface area (Å²) in [7, 11) is -1.18. The van der Waals surface area contributed by atoms with Gasteiger partial charge in [0.2, 0.25) is 0 Å². The second-order valence-electron chi connectivity index (χ2n) is 3.16. The highest BCUT2D eigenvalue weighted by Gasteiger charge is 2.06. The van der Waals surface area contributed by atoms with Crippen LogP contribution in [0.4, 0.5) is 0 Å². The Kier molecular flexibility index (Phi) is 2.87. The molecular formula is C11H10N2OS. The summed E-state index contributed by atoms with van der Waals surface area (Å²) in [6.45, 7) is 2.00. The molecule has 0 saturated heterocycles. The molecule has 0 radical (unpaired) electrons. The summed E-state index contributed by atoms with van der Waals surface area (Å²) < 4.78 is 12.0. The van der Waals surface area contributed by atoms with E-state index in [-0.39, 0.29) is 0 Å².